The first-order valence-electron chi connectivity index (χ1n) is 5.71. The van der Waals surface area contributed by atoms with Gasteiger partial charge in [-0.3, -0.25) is 10.1 Å². The molecule has 19 heavy (non-hydrogen) atoms. The van der Waals surface area contributed by atoms with Gasteiger partial charge in [0.2, 0.25) is 0 Å². The number of hydrogen-bond donors (Lipinski definition) is 1. The van der Waals surface area contributed by atoms with Crippen molar-refractivity contribution < 1.29 is 18.1 Å². The number of halogens is 3. The smallest absolute Gasteiger partial charge is 0.317 e. The van der Waals surface area contributed by atoms with Crippen LogP contribution in [0.25, 0.3) is 0 Å². The fraction of sp³-hybridized carbons (Fsp3) is 0.500. The summed E-state index contributed by atoms with van der Waals surface area (Å²) in [5.74, 6) is -0.414. The van der Waals surface area contributed by atoms with Crippen molar-refractivity contribution in [1.29, 1.82) is 0 Å². The van der Waals surface area contributed by atoms with Crippen LogP contribution in [0.15, 0.2) is 18.2 Å². The maximum atomic E-state index is 13.0. The molecule has 0 saturated heterocycles. The third-order valence-corrected chi connectivity index (χ3v) is 3.25. The van der Waals surface area contributed by atoms with Gasteiger partial charge in [-0.1, -0.05) is 13.0 Å². The molecule has 2 unspecified atom stereocenters. The van der Waals surface area contributed by atoms with E-state index in [4.69, 9.17) is 0 Å². The van der Waals surface area contributed by atoms with E-state index in [1.165, 1.54) is 6.07 Å². The minimum Gasteiger partial charge on any atom is -0.317 e. The minimum atomic E-state index is -4.61. The number of non-ortho nitro benzene ring substituents is 1. The number of likely N-dealkylation sites (N-methyl/N-ethyl adjacent to an activating group) is 1. The summed E-state index contributed by atoms with van der Waals surface area (Å²) in [6.45, 7) is 3.41. The summed E-state index contributed by atoms with van der Waals surface area (Å²) < 4.78 is 38.9. The highest BCUT2D eigenvalue weighted by Gasteiger charge is 2.36. The van der Waals surface area contributed by atoms with Crippen LogP contribution in [0.3, 0.4) is 0 Å². The SMILES string of the molecule is CNC(C)C(C)c1ccc([N+](=O)[O-])cc1C(F)(F)F. The molecule has 1 rings (SSSR count). The second kappa shape index (κ2) is 5.56. The molecule has 0 aromatic heterocycles. The van der Waals surface area contributed by atoms with E-state index in [1.54, 1.807) is 20.9 Å². The maximum absolute atomic E-state index is 13.0. The van der Waals surface area contributed by atoms with Gasteiger partial charge in [0.05, 0.1) is 10.5 Å². The van der Waals surface area contributed by atoms with Gasteiger partial charge < -0.3 is 5.32 Å². The summed E-state index contributed by atoms with van der Waals surface area (Å²) in [5, 5.41) is 13.5. The number of rotatable bonds is 4. The number of hydrogen-bond acceptors (Lipinski definition) is 3. The average Bonchev–Trinajstić information content (AvgIpc) is 2.35. The van der Waals surface area contributed by atoms with Crippen molar-refractivity contribution in [1.82, 2.24) is 5.32 Å². The maximum Gasteiger partial charge on any atom is 0.416 e. The lowest BCUT2D eigenvalue weighted by Gasteiger charge is -2.23. The Morgan fingerprint density at radius 2 is 1.89 bits per heavy atom. The highest BCUT2D eigenvalue weighted by Crippen LogP contribution is 2.38. The van der Waals surface area contributed by atoms with Gasteiger partial charge in [0, 0.05) is 18.2 Å². The van der Waals surface area contributed by atoms with Gasteiger partial charge >= 0.3 is 6.18 Å². The lowest BCUT2D eigenvalue weighted by molar-refractivity contribution is -0.385. The molecule has 106 valence electrons. The second-order valence-electron chi connectivity index (χ2n) is 4.39. The largest absolute Gasteiger partial charge is 0.416 e. The van der Waals surface area contributed by atoms with Gasteiger partial charge in [-0.15, -0.1) is 0 Å². The molecular weight excluding hydrogens is 261 g/mol. The molecule has 0 bridgehead atoms. The van der Waals surface area contributed by atoms with E-state index in [-0.39, 0.29) is 11.6 Å². The predicted molar refractivity (Wildman–Crippen MR) is 65.0 cm³/mol. The van der Waals surface area contributed by atoms with E-state index in [1.807, 2.05) is 0 Å². The Kier molecular flexibility index (Phi) is 4.52. The summed E-state index contributed by atoms with van der Waals surface area (Å²) in [6, 6.07) is 2.69. The van der Waals surface area contributed by atoms with E-state index in [0.717, 1.165) is 6.07 Å². The molecule has 2 atom stereocenters. The summed E-state index contributed by atoms with van der Waals surface area (Å²) >= 11 is 0. The van der Waals surface area contributed by atoms with Crippen LogP contribution < -0.4 is 5.32 Å². The summed E-state index contributed by atoms with van der Waals surface area (Å²) in [5.41, 5.74) is -1.45. The second-order valence-corrected chi connectivity index (χ2v) is 4.39. The van der Waals surface area contributed by atoms with E-state index >= 15 is 0 Å². The van der Waals surface area contributed by atoms with Gasteiger partial charge in [0.25, 0.3) is 5.69 Å². The van der Waals surface area contributed by atoms with Crippen molar-refractivity contribution in [3.05, 3.63) is 39.4 Å². The monoisotopic (exact) mass is 276 g/mol. The van der Waals surface area contributed by atoms with Gasteiger partial charge in [-0.2, -0.15) is 13.2 Å². The number of alkyl halides is 3. The topological polar surface area (TPSA) is 55.2 Å². The van der Waals surface area contributed by atoms with Crippen LogP contribution in [-0.2, 0) is 6.18 Å². The third-order valence-electron chi connectivity index (χ3n) is 3.25. The lowest BCUT2D eigenvalue weighted by atomic mass is 9.90. The zero-order chi connectivity index (χ0) is 14.8. The average molecular weight is 276 g/mol. The Labute approximate surface area is 108 Å². The summed E-state index contributed by atoms with van der Waals surface area (Å²) in [4.78, 5) is 9.75. The number of nitro groups is 1. The highest BCUT2D eigenvalue weighted by atomic mass is 19.4. The standard InChI is InChI=1S/C12H15F3N2O2/c1-7(8(2)16-3)10-5-4-9(17(18)19)6-11(10)12(13,14)15/h4-8,16H,1-3H3. The Balaban J connectivity index is 3.36. The van der Waals surface area contributed by atoms with Gasteiger partial charge in [-0.05, 0) is 25.5 Å². The van der Waals surface area contributed by atoms with E-state index in [9.17, 15) is 23.3 Å². The van der Waals surface area contributed by atoms with Crippen LogP contribution in [0.4, 0.5) is 18.9 Å². The van der Waals surface area contributed by atoms with Crippen molar-refractivity contribution >= 4 is 5.69 Å². The molecule has 0 amide bonds. The Morgan fingerprint density at radius 1 is 1.32 bits per heavy atom. The molecule has 0 fully saturated rings. The van der Waals surface area contributed by atoms with E-state index in [2.05, 4.69) is 5.32 Å². The molecule has 0 radical (unpaired) electrons. The Hall–Kier alpha value is -1.63. The molecule has 7 heteroatoms. The minimum absolute atomic E-state index is 0.0555. The lowest BCUT2D eigenvalue weighted by Crippen LogP contribution is -2.28. The Morgan fingerprint density at radius 3 is 2.32 bits per heavy atom. The molecule has 0 spiro atoms. The quantitative estimate of drug-likeness (QED) is 0.678. The van der Waals surface area contributed by atoms with Crippen LogP contribution in [0.5, 0.6) is 0 Å². The first-order chi connectivity index (χ1) is 8.68. The van der Waals surface area contributed by atoms with Crippen LogP contribution in [0.1, 0.15) is 30.9 Å². The highest BCUT2D eigenvalue weighted by molar-refractivity contribution is 5.43. The number of nitrogens with zero attached hydrogens (tertiary/aromatic N) is 1. The summed E-state index contributed by atoms with van der Waals surface area (Å²) in [6.07, 6.45) is -4.61. The molecule has 0 heterocycles. The molecule has 0 aliphatic rings. The van der Waals surface area contributed by atoms with Crippen molar-refractivity contribution in [3.63, 3.8) is 0 Å². The number of nitrogens with one attached hydrogen (secondary N) is 1. The van der Waals surface area contributed by atoms with Crippen LogP contribution in [-0.4, -0.2) is 18.0 Å². The molecule has 4 nitrogen and oxygen atoms in total. The zero-order valence-corrected chi connectivity index (χ0v) is 10.8. The Bertz CT molecular complexity index is 475. The van der Waals surface area contributed by atoms with Crippen molar-refractivity contribution in [2.45, 2.75) is 32.0 Å². The van der Waals surface area contributed by atoms with Gasteiger partial charge in [-0.25, -0.2) is 0 Å². The fourth-order valence-electron chi connectivity index (χ4n) is 1.82. The first kappa shape index (κ1) is 15.4. The van der Waals surface area contributed by atoms with E-state index < -0.39 is 28.3 Å². The molecular formula is C12H15F3N2O2. The van der Waals surface area contributed by atoms with Crippen molar-refractivity contribution in [2.24, 2.45) is 0 Å². The van der Waals surface area contributed by atoms with Gasteiger partial charge in [0.15, 0.2) is 0 Å². The predicted octanol–water partition coefficient (Wildman–Crippen LogP) is 3.33. The summed E-state index contributed by atoms with van der Waals surface area (Å²) in [7, 11) is 1.65. The first-order valence-corrected chi connectivity index (χ1v) is 5.71. The zero-order valence-electron chi connectivity index (χ0n) is 10.8. The van der Waals surface area contributed by atoms with Crippen LogP contribution >= 0.6 is 0 Å². The normalized spacial score (nSPS) is 15.1. The molecule has 1 aromatic carbocycles. The molecule has 0 aliphatic carbocycles. The third kappa shape index (κ3) is 3.44. The van der Waals surface area contributed by atoms with Gasteiger partial charge in [0.1, 0.15) is 0 Å². The van der Waals surface area contributed by atoms with E-state index in [0.29, 0.717) is 6.07 Å². The van der Waals surface area contributed by atoms with Crippen LogP contribution in [0.2, 0.25) is 0 Å². The fourth-order valence-corrected chi connectivity index (χ4v) is 1.82. The molecule has 0 saturated carbocycles. The number of nitro benzene ring substituents is 1. The molecule has 1 aromatic rings. The molecule has 0 aliphatic heterocycles. The molecule has 1 N–H and O–H groups in total. The van der Waals surface area contributed by atoms with Crippen molar-refractivity contribution in [2.75, 3.05) is 7.05 Å². The van der Waals surface area contributed by atoms with Crippen molar-refractivity contribution in [3.8, 4) is 0 Å². The number of benzene rings is 1. The van der Waals surface area contributed by atoms with Crippen LogP contribution in [0, 0.1) is 10.1 Å².